The first kappa shape index (κ1) is 22.8. The first-order valence-electron chi connectivity index (χ1n) is 11.4. The molecule has 1 saturated heterocycles. The van der Waals surface area contributed by atoms with Gasteiger partial charge in [0.2, 0.25) is 5.91 Å². The average molecular weight is 451 g/mol. The Kier molecular flexibility index (Phi) is 6.67. The van der Waals surface area contributed by atoms with Crippen LogP contribution < -0.4 is 5.32 Å². The number of likely N-dealkylation sites (tertiary alicyclic amines) is 1. The lowest BCUT2D eigenvalue weighted by Crippen LogP contribution is -2.34. The zero-order valence-electron chi connectivity index (χ0n) is 19.0. The van der Waals surface area contributed by atoms with Gasteiger partial charge in [-0.3, -0.25) is 9.59 Å². The number of rotatable bonds is 7. The van der Waals surface area contributed by atoms with Crippen LogP contribution in [0.3, 0.4) is 0 Å². The van der Waals surface area contributed by atoms with Crippen LogP contribution in [0.25, 0.3) is 11.1 Å². The molecule has 1 aliphatic carbocycles. The van der Waals surface area contributed by atoms with Crippen molar-refractivity contribution in [2.75, 3.05) is 26.2 Å². The van der Waals surface area contributed by atoms with Gasteiger partial charge in [-0.25, -0.2) is 4.79 Å². The van der Waals surface area contributed by atoms with E-state index in [9.17, 15) is 19.5 Å². The highest BCUT2D eigenvalue weighted by molar-refractivity contribution is 5.80. The predicted octanol–water partition coefficient (Wildman–Crippen LogP) is 3.73. The number of nitrogens with one attached hydrogen (secondary N) is 1. The highest BCUT2D eigenvalue weighted by Gasteiger charge is 2.37. The van der Waals surface area contributed by atoms with Gasteiger partial charge in [0.15, 0.2) is 0 Å². The topological polar surface area (TPSA) is 95.9 Å². The van der Waals surface area contributed by atoms with Crippen LogP contribution in [0.4, 0.5) is 4.79 Å². The lowest BCUT2D eigenvalue weighted by molar-refractivity contribution is -0.142. The van der Waals surface area contributed by atoms with Crippen LogP contribution >= 0.6 is 0 Å². The van der Waals surface area contributed by atoms with Gasteiger partial charge in [-0.2, -0.15) is 0 Å². The molecule has 0 saturated carbocycles. The maximum atomic E-state index is 12.5. The lowest BCUT2D eigenvalue weighted by Gasteiger charge is -2.19. The standard InChI is InChI=1S/C26H30N2O5/c1-16(11-24(29)28-13-17(2)22(14-28)25(30)31)12-27-26(32)33-15-23-20-9-5-3-7-18(20)19-8-4-6-10-21(19)23/h3-10,16-17,22-23H,11-15H2,1-2H3,(H,27,32)(H,30,31)/t16?,17-,22-/m0/s1. The van der Waals surface area contributed by atoms with Crippen LogP contribution in [0.15, 0.2) is 48.5 Å². The van der Waals surface area contributed by atoms with Crippen molar-refractivity contribution in [3.63, 3.8) is 0 Å². The van der Waals surface area contributed by atoms with Crippen molar-refractivity contribution in [1.29, 1.82) is 0 Å². The maximum Gasteiger partial charge on any atom is 0.407 e. The van der Waals surface area contributed by atoms with E-state index in [0.717, 1.165) is 11.1 Å². The molecule has 7 nitrogen and oxygen atoms in total. The second-order valence-corrected chi connectivity index (χ2v) is 9.24. The number of benzene rings is 2. The average Bonchev–Trinajstić information content (AvgIpc) is 3.35. The summed E-state index contributed by atoms with van der Waals surface area (Å²) >= 11 is 0. The fourth-order valence-electron chi connectivity index (χ4n) is 4.90. The van der Waals surface area contributed by atoms with Crippen LogP contribution in [0.5, 0.6) is 0 Å². The van der Waals surface area contributed by atoms with Gasteiger partial charge in [0.25, 0.3) is 0 Å². The molecule has 2 N–H and O–H groups in total. The summed E-state index contributed by atoms with van der Waals surface area (Å²) in [7, 11) is 0. The van der Waals surface area contributed by atoms with Crippen LogP contribution in [0.2, 0.25) is 0 Å². The molecule has 0 radical (unpaired) electrons. The lowest BCUT2D eigenvalue weighted by atomic mass is 9.98. The number of hydrogen-bond acceptors (Lipinski definition) is 4. The molecule has 3 atom stereocenters. The van der Waals surface area contributed by atoms with Gasteiger partial charge in [-0.15, -0.1) is 0 Å². The van der Waals surface area contributed by atoms with E-state index in [4.69, 9.17) is 4.74 Å². The zero-order chi connectivity index (χ0) is 23.5. The quantitative estimate of drug-likeness (QED) is 0.670. The van der Waals surface area contributed by atoms with E-state index in [1.165, 1.54) is 11.1 Å². The third kappa shape index (κ3) is 4.87. The number of aliphatic carboxylic acids is 1. The molecular formula is C26H30N2O5. The molecule has 2 amide bonds. The van der Waals surface area contributed by atoms with Crippen LogP contribution in [0.1, 0.15) is 37.3 Å². The van der Waals surface area contributed by atoms with Crippen molar-refractivity contribution >= 4 is 18.0 Å². The molecular weight excluding hydrogens is 420 g/mol. The Morgan fingerprint density at radius 2 is 1.67 bits per heavy atom. The van der Waals surface area contributed by atoms with Gasteiger partial charge >= 0.3 is 12.1 Å². The molecule has 4 rings (SSSR count). The van der Waals surface area contributed by atoms with E-state index in [1.54, 1.807) is 4.90 Å². The van der Waals surface area contributed by atoms with Gasteiger partial charge in [-0.05, 0) is 34.1 Å². The third-order valence-electron chi connectivity index (χ3n) is 6.74. The molecule has 1 heterocycles. The summed E-state index contributed by atoms with van der Waals surface area (Å²) in [6.07, 6.45) is -0.250. The molecule has 1 unspecified atom stereocenters. The van der Waals surface area contributed by atoms with Crippen LogP contribution in [-0.2, 0) is 14.3 Å². The minimum absolute atomic E-state index is 0.00138. The van der Waals surface area contributed by atoms with Gasteiger partial charge in [0.05, 0.1) is 5.92 Å². The summed E-state index contributed by atoms with van der Waals surface area (Å²) in [5.74, 6) is -1.59. The fourth-order valence-corrected chi connectivity index (χ4v) is 4.90. The molecule has 1 fully saturated rings. The summed E-state index contributed by atoms with van der Waals surface area (Å²) in [4.78, 5) is 37.8. The molecule has 2 aromatic carbocycles. The predicted molar refractivity (Wildman–Crippen MR) is 124 cm³/mol. The van der Waals surface area contributed by atoms with Crippen molar-refractivity contribution < 1.29 is 24.2 Å². The van der Waals surface area contributed by atoms with Crippen molar-refractivity contribution in [2.24, 2.45) is 17.8 Å². The largest absolute Gasteiger partial charge is 0.481 e. The first-order valence-corrected chi connectivity index (χ1v) is 11.4. The number of carboxylic acids is 1. The Morgan fingerprint density at radius 1 is 1.06 bits per heavy atom. The Balaban J connectivity index is 1.25. The van der Waals surface area contributed by atoms with E-state index in [2.05, 4.69) is 29.6 Å². The van der Waals surface area contributed by atoms with Crippen molar-refractivity contribution in [2.45, 2.75) is 26.2 Å². The fraction of sp³-hybridized carbons (Fsp3) is 0.423. The monoisotopic (exact) mass is 450 g/mol. The maximum absolute atomic E-state index is 12.5. The molecule has 2 aromatic rings. The zero-order valence-corrected chi connectivity index (χ0v) is 19.0. The number of ether oxygens (including phenoxy) is 1. The minimum Gasteiger partial charge on any atom is -0.481 e. The second-order valence-electron chi connectivity index (χ2n) is 9.24. The summed E-state index contributed by atoms with van der Waals surface area (Å²) < 4.78 is 5.54. The Morgan fingerprint density at radius 3 is 2.24 bits per heavy atom. The van der Waals surface area contributed by atoms with Crippen molar-refractivity contribution in [1.82, 2.24) is 10.2 Å². The van der Waals surface area contributed by atoms with Crippen molar-refractivity contribution in [3.05, 3.63) is 59.7 Å². The molecule has 174 valence electrons. The Hall–Kier alpha value is -3.35. The van der Waals surface area contributed by atoms with Gasteiger partial charge in [-0.1, -0.05) is 62.4 Å². The van der Waals surface area contributed by atoms with E-state index >= 15 is 0 Å². The smallest absolute Gasteiger partial charge is 0.407 e. The number of nitrogens with zero attached hydrogens (tertiary/aromatic N) is 1. The number of carboxylic acid groups (broad SMARTS) is 1. The van der Waals surface area contributed by atoms with E-state index < -0.39 is 18.0 Å². The summed E-state index contributed by atoms with van der Waals surface area (Å²) in [5.41, 5.74) is 4.67. The molecule has 0 spiro atoms. The minimum atomic E-state index is -0.859. The second kappa shape index (κ2) is 9.65. The number of carbonyl (C=O) groups excluding carboxylic acids is 2. The number of alkyl carbamates (subject to hydrolysis) is 1. The van der Waals surface area contributed by atoms with E-state index in [-0.39, 0.29) is 43.2 Å². The number of fused-ring (bicyclic) bond motifs is 3. The number of hydrogen-bond donors (Lipinski definition) is 2. The van der Waals surface area contributed by atoms with Crippen LogP contribution in [-0.4, -0.2) is 54.2 Å². The van der Waals surface area contributed by atoms with Gasteiger partial charge in [0.1, 0.15) is 6.61 Å². The third-order valence-corrected chi connectivity index (χ3v) is 6.74. The summed E-state index contributed by atoms with van der Waals surface area (Å²) in [5, 5.41) is 12.0. The Bertz CT molecular complexity index is 1010. The summed E-state index contributed by atoms with van der Waals surface area (Å²) in [6.45, 7) is 5.01. The molecule has 2 aliphatic rings. The molecule has 0 bridgehead atoms. The summed E-state index contributed by atoms with van der Waals surface area (Å²) in [6, 6.07) is 16.3. The molecule has 7 heteroatoms. The highest BCUT2D eigenvalue weighted by Crippen LogP contribution is 2.44. The number of carbonyl (C=O) groups is 3. The SMILES string of the molecule is CC(CNC(=O)OCC1c2ccccc2-c2ccccc21)CC(=O)N1C[C@H](C(=O)O)[C@@H](C)C1. The van der Waals surface area contributed by atoms with Crippen molar-refractivity contribution in [3.8, 4) is 11.1 Å². The van der Waals surface area contributed by atoms with E-state index in [0.29, 0.717) is 13.1 Å². The van der Waals surface area contributed by atoms with Gasteiger partial charge in [0, 0.05) is 32.0 Å². The normalized spacial score (nSPS) is 20.1. The number of amides is 2. The Labute approximate surface area is 193 Å². The van der Waals surface area contributed by atoms with Crippen LogP contribution in [0, 0.1) is 17.8 Å². The van der Waals surface area contributed by atoms with E-state index in [1.807, 2.05) is 38.1 Å². The molecule has 33 heavy (non-hydrogen) atoms. The molecule has 0 aromatic heterocycles. The first-order chi connectivity index (χ1) is 15.8. The highest BCUT2D eigenvalue weighted by atomic mass is 16.5. The van der Waals surface area contributed by atoms with Gasteiger partial charge < -0.3 is 20.1 Å². The molecule has 1 aliphatic heterocycles.